The van der Waals surface area contributed by atoms with Gasteiger partial charge in [-0.25, -0.2) is 0 Å². The van der Waals surface area contributed by atoms with Gasteiger partial charge in [-0.05, 0) is 31.7 Å². The van der Waals surface area contributed by atoms with Crippen LogP contribution in [0.3, 0.4) is 0 Å². The van der Waals surface area contributed by atoms with Crippen LogP contribution in [0.25, 0.3) is 0 Å². The second-order valence-corrected chi connectivity index (χ2v) is 5.00. The number of ether oxygens (including phenoxy) is 1. The van der Waals surface area contributed by atoms with Crippen LogP contribution in [0, 0.1) is 11.8 Å². The highest BCUT2D eigenvalue weighted by Gasteiger charge is 2.36. The van der Waals surface area contributed by atoms with Crippen molar-refractivity contribution in [2.45, 2.75) is 31.7 Å². The largest absolute Gasteiger partial charge is 0.379 e. The van der Waals surface area contributed by atoms with E-state index >= 15 is 0 Å². The summed E-state index contributed by atoms with van der Waals surface area (Å²) in [5.74, 6) is 0.844. The number of amides is 1. The smallest absolute Gasteiger partial charge is 0.226 e. The lowest BCUT2D eigenvalue weighted by molar-refractivity contribution is -0.137. The van der Waals surface area contributed by atoms with Gasteiger partial charge >= 0.3 is 0 Å². The minimum atomic E-state index is 0.163. The zero-order valence-corrected chi connectivity index (χ0v) is 10.0. The van der Waals surface area contributed by atoms with E-state index in [2.05, 4.69) is 0 Å². The molecule has 1 unspecified atom stereocenters. The molecule has 92 valence electrons. The predicted molar refractivity (Wildman–Crippen MR) is 61.9 cm³/mol. The molecular formula is C12H22N2O2. The standard InChI is InChI=1S/C12H22N2O2/c1-14(10-5-6-16-8-10)12(15)11-4-2-3-9(11)7-13/h9-11H,2-8,13H2,1H3/t9-,10?,11-/m1/s1. The molecule has 0 aromatic carbocycles. The molecule has 0 aromatic heterocycles. The third-order valence-electron chi connectivity index (χ3n) is 4.08. The van der Waals surface area contributed by atoms with Crippen molar-refractivity contribution in [1.29, 1.82) is 0 Å². The normalized spacial score (nSPS) is 34.2. The summed E-state index contributed by atoms with van der Waals surface area (Å²) in [7, 11) is 1.91. The number of hydrogen-bond acceptors (Lipinski definition) is 3. The van der Waals surface area contributed by atoms with Gasteiger partial charge in [0, 0.05) is 19.6 Å². The molecule has 1 amide bonds. The molecule has 4 nitrogen and oxygen atoms in total. The van der Waals surface area contributed by atoms with Crippen molar-refractivity contribution in [1.82, 2.24) is 4.90 Å². The second-order valence-electron chi connectivity index (χ2n) is 5.00. The zero-order valence-electron chi connectivity index (χ0n) is 10.0. The van der Waals surface area contributed by atoms with Crippen LogP contribution in [0.15, 0.2) is 0 Å². The van der Waals surface area contributed by atoms with E-state index in [-0.39, 0.29) is 17.9 Å². The lowest BCUT2D eigenvalue weighted by atomic mass is 9.94. The van der Waals surface area contributed by atoms with E-state index in [0.717, 1.165) is 32.3 Å². The van der Waals surface area contributed by atoms with Crippen LogP contribution >= 0.6 is 0 Å². The number of likely N-dealkylation sites (N-methyl/N-ethyl adjacent to an activating group) is 1. The third kappa shape index (κ3) is 2.23. The lowest BCUT2D eigenvalue weighted by Gasteiger charge is -2.28. The third-order valence-corrected chi connectivity index (χ3v) is 4.08. The maximum Gasteiger partial charge on any atom is 0.226 e. The van der Waals surface area contributed by atoms with Crippen LogP contribution in [0.5, 0.6) is 0 Å². The van der Waals surface area contributed by atoms with Gasteiger partial charge in [0.1, 0.15) is 0 Å². The molecule has 0 aromatic rings. The molecule has 1 heterocycles. The molecule has 1 aliphatic heterocycles. The second kappa shape index (κ2) is 5.15. The van der Waals surface area contributed by atoms with Gasteiger partial charge in [-0.2, -0.15) is 0 Å². The van der Waals surface area contributed by atoms with Crippen LogP contribution in [0.2, 0.25) is 0 Å². The molecule has 0 spiro atoms. The number of carbonyl (C=O) groups excluding carboxylic acids is 1. The first kappa shape index (κ1) is 11.9. The molecule has 1 saturated carbocycles. The Morgan fingerprint density at radius 1 is 1.44 bits per heavy atom. The van der Waals surface area contributed by atoms with Crippen molar-refractivity contribution in [3.05, 3.63) is 0 Å². The summed E-state index contributed by atoms with van der Waals surface area (Å²) < 4.78 is 5.33. The van der Waals surface area contributed by atoms with E-state index in [0.29, 0.717) is 19.1 Å². The van der Waals surface area contributed by atoms with E-state index in [1.807, 2.05) is 11.9 Å². The van der Waals surface area contributed by atoms with E-state index in [1.165, 1.54) is 0 Å². The number of nitrogens with zero attached hydrogens (tertiary/aromatic N) is 1. The Kier molecular flexibility index (Phi) is 3.82. The van der Waals surface area contributed by atoms with Gasteiger partial charge < -0.3 is 15.4 Å². The summed E-state index contributed by atoms with van der Waals surface area (Å²) in [4.78, 5) is 14.2. The number of hydrogen-bond donors (Lipinski definition) is 1. The molecule has 2 N–H and O–H groups in total. The monoisotopic (exact) mass is 226 g/mol. The Labute approximate surface area is 97.1 Å². The first-order valence-electron chi connectivity index (χ1n) is 6.28. The van der Waals surface area contributed by atoms with E-state index in [1.54, 1.807) is 0 Å². The highest BCUT2D eigenvalue weighted by molar-refractivity contribution is 5.79. The van der Waals surface area contributed by atoms with E-state index < -0.39 is 0 Å². The average molecular weight is 226 g/mol. The fraction of sp³-hybridized carbons (Fsp3) is 0.917. The molecule has 2 rings (SSSR count). The fourth-order valence-corrected chi connectivity index (χ4v) is 2.91. The summed E-state index contributed by atoms with van der Waals surface area (Å²) in [5, 5.41) is 0. The van der Waals surface area contributed by atoms with Crippen LogP contribution in [-0.4, -0.2) is 43.7 Å². The van der Waals surface area contributed by atoms with Gasteiger partial charge in [-0.1, -0.05) is 6.42 Å². The molecule has 0 bridgehead atoms. The minimum absolute atomic E-state index is 0.163. The average Bonchev–Trinajstić information content (AvgIpc) is 2.97. The highest BCUT2D eigenvalue weighted by Crippen LogP contribution is 2.32. The molecule has 1 aliphatic carbocycles. The molecule has 0 radical (unpaired) electrons. The van der Waals surface area contributed by atoms with Gasteiger partial charge in [0.05, 0.1) is 12.6 Å². The molecule has 4 heteroatoms. The van der Waals surface area contributed by atoms with Crippen molar-refractivity contribution < 1.29 is 9.53 Å². The maximum absolute atomic E-state index is 12.3. The lowest BCUT2D eigenvalue weighted by Crippen LogP contribution is -2.42. The molecule has 3 atom stereocenters. The van der Waals surface area contributed by atoms with Crippen LogP contribution in [-0.2, 0) is 9.53 Å². The zero-order chi connectivity index (χ0) is 11.5. The summed E-state index contributed by atoms with van der Waals surface area (Å²) in [6, 6.07) is 0.284. The van der Waals surface area contributed by atoms with Crippen molar-refractivity contribution in [3.8, 4) is 0 Å². The molecule has 16 heavy (non-hydrogen) atoms. The van der Waals surface area contributed by atoms with Crippen LogP contribution in [0.4, 0.5) is 0 Å². The Balaban J connectivity index is 1.95. The van der Waals surface area contributed by atoms with Crippen molar-refractivity contribution in [2.75, 3.05) is 26.8 Å². The number of carbonyl (C=O) groups is 1. The van der Waals surface area contributed by atoms with Gasteiger partial charge in [0.2, 0.25) is 5.91 Å². The van der Waals surface area contributed by atoms with Gasteiger partial charge in [-0.15, -0.1) is 0 Å². The summed E-state index contributed by atoms with van der Waals surface area (Å²) >= 11 is 0. The first-order valence-corrected chi connectivity index (χ1v) is 6.28. The Bertz CT molecular complexity index is 251. The van der Waals surface area contributed by atoms with E-state index in [4.69, 9.17) is 10.5 Å². The van der Waals surface area contributed by atoms with Crippen LogP contribution < -0.4 is 5.73 Å². The quantitative estimate of drug-likeness (QED) is 0.767. The van der Waals surface area contributed by atoms with Crippen molar-refractivity contribution in [2.24, 2.45) is 17.6 Å². The Morgan fingerprint density at radius 2 is 2.25 bits per heavy atom. The Morgan fingerprint density at radius 3 is 2.88 bits per heavy atom. The van der Waals surface area contributed by atoms with Gasteiger partial charge in [-0.3, -0.25) is 4.79 Å². The predicted octanol–water partition coefficient (Wildman–Crippen LogP) is 0.609. The summed E-state index contributed by atoms with van der Waals surface area (Å²) in [6.45, 7) is 2.13. The SMILES string of the molecule is CN(C(=O)[C@@H]1CCC[C@@H]1CN)C1CCOC1. The minimum Gasteiger partial charge on any atom is -0.379 e. The maximum atomic E-state index is 12.3. The summed E-state index contributed by atoms with van der Waals surface area (Å²) in [5.41, 5.74) is 5.72. The van der Waals surface area contributed by atoms with Crippen LogP contribution in [0.1, 0.15) is 25.7 Å². The van der Waals surface area contributed by atoms with Crippen molar-refractivity contribution in [3.63, 3.8) is 0 Å². The first-order chi connectivity index (χ1) is 7.74. The number of rotatable bonds is 3. The van der Waals surface area contributed by atoms with Crippen molar-refractivity contribution >= 4 is 5.91 Å². The molecule has 1 saturated heterocycles. The topological polar surface area (TPSA) is 55.6 Å². The number of nitrogens with two attached hydrogens (primary N) is 1. The van der Waals surface area contributed by atoms with E-state index in [9.17, 15) is 4.79 Å². The van der Waals surface area contributed by atoms with Gasteiger partial charge in [0.25, 0.3) is 0 Å². The highest BCUT2D eigenvalue weighted by atomic mass is 16.5. The summed E-state index contributed by atoms with van der Waals surface area (Å²) in [6.07, 6.45) is 4.25. The molecule has 2 aliphatic rings. The molecular weight excluding hydrogens is 204 g/mol. The fourth-order valence-electron chi connectivity index (χ4n) is 2.91. The molecule has 2 fully saturated rings. The Hall–Kier alpha value is -0.610. The van der Waals surface area contributed by atoms with Gasteiger partial charge in [0.15, 0.2) is 0 Å².